The van der Waals surface area contributed by atoms with E-state index in [0.29, 0.717) is 12.2 Å². The van der Waals surface area contributed by atoms with Crippen molar-refractivity contribution in [2.24, 2.45) is 0 Å². The van der Waals surface area contributed by atoms with E-state index < -0.39 is 5.97 Å². The van der Waals surface area contributed by atoms with E-state index >= 15 is 0 Å². The number of nitrogens with one attached hydrogen (secondary N) is 1. The number of ether oxygens (including phenoxy) is 1. The molecule has 4 heteroatoms. The van der Waals surface area contributed by atoms with E-state index in [9.17, 15) is 4.79 Å². The summed E-state index contributed by atoms with van der Waals surface area (Å²) in [6.45, 7) is 3.12. The van der Waals surface area contributed by atoms with Gasteiger partial charge in [0.25, 0.3) is 0 Å². The smallest absolute Gasteiger partial charge is 0.335 e. The first-order valence-electron chi connectivity index (χ1n) is 7.90. The van der Waals surface area contributed by atoms with Crippen LogP contribution in [0.15, 0.2) is 54.6 Å². The average Bonchev–Trinajstić information content (AvgIpc) is 2.58. The molecule has 0 radical (unpaired) electrons. The molecule has 0 atom stereocenters. The molecule has 0 unspecified atom stereocenters. The molecule has 2 aromatic carbocycles. The Morgan fingerprint density at radius 3 is 2.39 bits per heavy atom. The van der Waals surface area contributed by atoms with E-state index in [4.69, 9.17) is 9.84 Å². The first kappa shape index (κ1) is 17.2. The van der Waals surface area contributed by atoms with Crippen LogP contribution in [0.2, 0.25) is 0 Å². The molecule has 0 fully saturated rings. The van der Waals surface area contributed by atoms with Gasteiger partial charge < -0.3 is 15.2 Å². The Morgan fingerprint density at radius 2 is 1.70 bits per heavy atom. The Balaban J connectivity index is 1.50. The molecule has 2 rings (SSSR count). The third-order valence-electron chi connectivity index (χ3n) is 3.53. The summed E-state index contributed by atoms with van der Waals surface area (Å²) in [7, 11) is 0. The minimum atomic E-state index is -0.889. The van der Waals surface area contributed by atoms with E-state index in [1.807, 2.05) is 30.3 Å². The average molecular weight is 313 g/mol. The lowest BCUT2D eigenvalue weighted by atomic mass is 10.1. The number of unbranched alkanes of at least 4 members (excludes halogenated alkanes) is 1. The summed E-state index contributed by atoms with van der Waals surface area (Å²) in [5.41, 5.74) is 2.62. The number of hydrogen-bond acceptors (Lipinski definition) is 3. The molecule has 0 aliphatic heterocycles. The first-order chi connectivity index (χ1) is 11.3. The number of hydrogen-bond donors (Lipinski definition) is 2. The fraction of sp³-hybridized carbons (Fsp3) is 0.316. The van der Waals surface area contributed by atoms with Gasteiger partial charge in [-0.25, -0.2) is 4.79 Å². The maximum Gasteiger partial charge on any atom is 0.335 e. The van der Waals surface area contributed by atoms with Gasteiger partial charge in [-0.05, 0) is 42.6 Å². The van der Waals surface area contributed by atoms with Crippen molar-refractivity contribution in [3.05, 3.63) is 71.3 Å². The molecule has 0 aliphatic rings. The fourth-order valence-corrected chi connectivity index (χ4v) is 2.22. The van der Waals surface area contributed by atoms with Crippen molar-refractivity contribution in [2.75, 3.05) is 13.2 Å². The van der Waals surface area contributed by atoms with E-state index in [2.05, 4.69) is 17.4 Å². The van der Waals surface area contributed by atoms with Gasteiger partial charge in [0.15, 0.2) is 0 Å². The van der Waals surface area contributed by atoms with Crippen LogP contribution in [-0.2, 0) is 17.9 Å². The highest BCUT2D eigenvalue weighted by molar-refractivity contribution is 5.87. The molecule has 2 N–H and O–H groups in total. The molecule has 0 saturated carbocycles. The number of carboxylic acids is 1. The van der Waals surface area contributed by atoms with Crippen LogP contribution < -0.4 is 5.32 Å². The van der Waals surface area contributed by atoms with Gasteiger partial charge in [0.1, 0.15) is 0 Å². The highest BCUT2D eigenvalue weighted by atomic mass is 16.5. The molecule has 23 heavy (non-hydrogen) atoms. The SMILES string of the molecule is O=C(O)c1ccc(CNCCCCOCc2ccccc2)cc1. The number of carbonyl (C=O) groups is 1. The van der Waals surface area contributed by atoms with Crippen LogP contribution in [-0.4, -0.2) is 24.2 Å². The van der Waals surface area contributed by atoms with Crippen LogP contribution in [0.1, 0.15) is 34.3 Å². The van der Waals surface area contributed by atoms with Crippen LogP contribution in [0.4, 0.5) is 0 Å². The predicted molar refractivity (Wildman–Crippen MR) is 90.4 cm³/mol. The number of benzene rings is 2. The highest BCUT2D eigenvalue weighted by Gasteiger charge is 2.01. The minimum absolute atomic E-state index is 0.323. The fourth-order valence-electron chi connectivity index (χ4n) is 2.22. The summed E-state index contributed by atoms with van der Waals surface area (Å²) in [5.74, 6) is -0.889. The molecule has 0 aromatic heterocycles. The zero-order valence-electron chi connectivity index (χ0n) is 13.2. The molecule has 4 nitrogen and oxygen atoms in total. The van der Waals surface area contributed by atoms with E-state index in [1.54, 1.807) is 12.1 Å². The Labute approximate surface area is 137 Å². The summed E-state index contributed by atoms with van der Waals surface area (Å²) in [6, 6.07) is 17.1. The van der Waals surface area contributed by atoms with Gasteiger partial charge in [-0.3, -0.25) is 0 Å². The predicted octanol–water partition coefficient (Wildman–Crippen LogP) is 3.47. The maximum absolute atomic E-state index is 10.8. The summed E-state index contributed by atoms with van der Waals surface area (Å²) >= 11 is 0. The van der Waals surface area contributed by atoms with Gasteiger partial charge in [-0.15, -0.1) is 0 Å². The molecular formula is C19H23NO3. The molecule has 0 aliphatic carbocycles. The summed E-state index contributed by atoms with van der Waals surface area (Å²) in [4.78, 5) is 10.8. The quantitative estimate of drug-likeness (QED) is 0.659. The molecule has 122 valence electrons. The standard InChI is InChI=1S/C19H23NO3/c21-19(22)18-10-8-16(9-11-18)14-20-12-4-5-13-23-15-17-6-2-1-3-7-17/h1-3,6-11,20H,4-5,12-15H2,(H,21,22). The Morgan fingerprint density at radius 1 is 0.957 bits per heavy atom. The number of aromatic carboxylic acids is 1. The van der Waals surface area contributed by atoms with Gasteiger partial charge in [-0.2, -0.15) is 0 Å². The zero-order chi connectivity index (χ0) is 16.3. The van der Waals surface area contributed by atoms with E-state index in [1.165, 1.54) is 5.56 Å². The lowest BCUT2D eigenvalue weighted by Gasteiger charge is -2.06. The van der Waals surface area contributed by atoms with Crippen molar-refractivity contribution >= 4 is 5.97 Å². The Hall–Kier alpha value is -2.17. The lowest BCUT2D eigenvalue weighted by Crippen LogP contribution is -2.15. The third kappa shape index (κ3) is 6.63. The van der Waals surface area contributed by atoms with Crippen molar-refractivity contribution in [3.8, 4) is 0 Å². The van der Waals surface area contributed by atoms with Gasteiger partial charge in [0, 0.05) is 13.2 Å². The summed E-state index contributed by atoms with van der Waals surface area (Å²) < 4.78 is 5.64. The van der Waals surface area contributed by atoms with Gasteiger partial charge in [0.2, 0.25) is 0 Å². The Bertz CT molecular complexity index is 581. The van der Waals surface area contributed by atoms with Crippen LogP contribution >= 0.6 is 0 Å². The molecule has 0 bridgehead atoms. The van der Waals surface area contributed by atoms with Crippen molar-refractivity contribution in [1.82, 2.24) is 5.32 Å². The highest BCUT2D eigenvalue weighted by Crippen LogP contribution is 2.04. The first-order valence-corrected chi connectivity index (χ1v) is 7.90. The molecule has 0 saturated heterocycles. The monoisotopic (exact) mass is 313 g/mol. The van der Waals surface area contributed by atoms with Crippen molar-refractivity contribution < 1.29 is 14.6 Å². The molecule has 2 aromatic rings. The molecular weight excluding hydrogens is 290 g/mol. The Kier molecular flexibility index (Phi) is 7.30. The van der Waals surface area contributed by atoms with Crippen LogP contribution in [0.25, 0.3) is 0 Å². The van der Waals surface area contributed by atoms with Crippen LogP contribution in [0, 0.1) is 0 Å². The minimum Gasteiger partial charge on any atom is -0.478 e. The third-order valence-corrected chi connectivity index (χ3v) is 3.53. The maximum atomic E-state index is 10.8. The van der Waals surface area contributed by atoms with Gasteiger partial charge >= 0.3 is 5.97 Å². The molecule has 0 amide bonds. The second kappa shape index (κ2) is 9.77. The van der Waals surface area contributed by atoms with Gasteiger partial charge in [0.05, 0.1) is 12.2 Å². The van der Waals surface area contributed by atoms with E-state index in [-0.39, 0.29) is 0 Å². The second-order valence-electron chi connectivity index (χ2n) is 5.42. The molecule has 0 spiro atoms. The van der Waals surface area contributed by atoms with Crippen molar-refractivity contribution in [1.29, 1.82) is 0 Å². The largest absolute Gasteiger partial charge is 0.478 e. The van der Waals surface area contributed by atoms with E-state index in [0.717, 1.165) is 38.1 Å². The van der Waals surface area contributed by atoms with Gasteiger partial charge in [-0.1, -0.05) is 42.5 Å². The zero-order valence-corrected chi connectivity index (χ0v) is 13.2. The summed E-state index contributed by atoms with van der Waals surface area (Å²) in [6.07, 6.45) is 2.08. The normalized spacial score (nSPS) is 10.6. The van der Waals surface area contributed by atoms with Crippen molar-refractivity contribution in [3.63, 3.8) is 0 Å². The van der Waals surface area contributed by atoms with Crippen LogP contribution in [0.3, 0.4) is 0 Å². The molecule has 0 heterocycles. The van der Waals surface area contributed by atoms with Crippen molar-refractivity contribution in [2.45, 2.75) is 26.0 Å². The number of rotatable bonds is 10. The lowest BCUT2D eigenvalue weighted by molar-refractivity contribution is 0.0697. The summed E-state index contributed by atoms with van der Waals surface area (Å²) in [5, 5.41) is 12.2. The van der Waals surface area contributed by atoms with Crippen LogP contribution in [0.5, 0.6) is 0 Å². The second-order valence-corrected chi connectivity index (χ2v) is 5.42. The number of carboxylic acid groups (broad SMARTS) is 1. The topological polar surface area (TPSA) is 58.6 Å².